The van der Waals surface area contributed by atoms with E-state index in [9.17, 15) is 0 Å². The highest BCUT2D eigenvalue weighted by Gasteiger charge is 2.21. The van der Waals surface area contributed by atoms with Gasteiger partial charge in [-0.1, -0.05) is 30.4 Å². The van der Waals surface area contributed by atoms with Crippen LogP contribution in [0.3, 0.4) is 0 Å². The van der Waals surface area contributed by atoms with Crippen LogP contribution in [0.2, 0.25) is 0 Å². The minimum absolute atomic E-state index is 0.390. The SMILES string of the molecule is Nc1ccc(C2=CCC(N)(CCl)C=C2)cc1. The quantitative estimate of drug-likeness (QED) is 0.610. The maximum atomic E-state index is 6.04. The van der Waals surface area contributed by atoms with Crippen LogP contribution in [0.25, 0.3) is 5.57 Å². The van der Waals surface area contributed by atoms with Gasteiger partial charge in [0.15, 0.2) is 0 Å². The molecule has 0 bridgehead atoms. The van der Waals surface area contributed by atoms with Crippen molar-refractivity contribution in [1.82, 2.24) is 0 Å². The summed E-state index contributed by atoms with van der Waals surface area (Å²) in [5, 5.41) is 0. The normalized spacial score (nSPS) is 24.2. The third kappa shape index (κ3) is 2.29. The molecule has 1 aromatic carbocycles. The molecule has 0 heterocycles. The van der Waals surface area contributed by atoms with Crippen LogP contribution in [0.5, 0.6) is 0 Å². The van der Waals surface area contributed by atoms with Crippen molar-refractivity contribution in [3.63, 3.8) is 0 Å². The van der Waals surface area contributed by atoms with Crippen LogP contribution in [0.4, 0.5) is 5.69 Å². The molecular formula is C13H15ClN2. The molecule has 0 aromatic heterocycles. The fraction of sp³-hybridized carbons (Fsp3) is 0.231. The van der Waals surface area contributed by atoms with Gasteiger partial charge in [0.25, 0.3) is 0 Å². The van der Waals surface area contributed by atoms with Crippen molar-refractivity contribution in [2.75, 3.05) is 11.6 Å². The Morgan fingerprint density at radius 2 is 1.94 bits per heavy atom. The van der Waals surface area contributed by atoms with Crippen molar-refractivity contribution in [3.8, 4) is 0 Å². The van der Waals surface area contributed by atoms with Crippen LogP contribution in [0.1, 0.15) is 12.0 Å². The van der Waals surface area contributed by atoms with Gasteiger partial charge in [0.1, 0.15) is 0 Å². The molecule has 0 amide bonds. The van der Waals surface area contributed by atoms with E-state index in [0.717, 1.165) is 17.7 Å². The van der Waals surface area contributed by atoms with Crippen LogP contribution in [0.15, 0.2) is 42.5 Å². The number of nitrogens with two attached hydrogens (primary N) is 2. The molecule has 0 radical (unpaired) electrons. The Labute approximate surface area is 101 Å². The van der Waals surface area contributed by atoms with Crippen LogP contribution < -0.4 is 11.5 Å². The zero-order valence-electron chi connectivity index (χ0n) is 8.99. The molecule has 84 valence electrons. The maximum absolute atomic E-state index is 6.04. The first-order chi connectivity index (χ1) is 7.63. The summed E-state index contributed by atoms with van der Waals surface area (Å²) in [6.45, 7) is 0. The number of halogens is 1. The molecular weight excluding hydrogens is 220 g/mol. The summed E-state index contributed by atoms with van der Waals surface area (Å²) in [4.78, 5) is 0. The average Bonchev–Trinajstić information content (AvgIpc) is 2.32. The molecule has 0 saturated carbocycles. The van der Waals surface area contributed by atoms with Gasteiger partial charge in [-0.05, 0) is 29.7 Å². The lowest BCUT2D eigenvalue weighted by atomic mass is 9.89. The average molecular weight is 235 g/mol. The van der Waals surface area contributed by atoms with E-state index in [1.54, 1.807) is 0 Å². The highest BCUT2D eigenvalue weighted by molar-refractivity contribution is 6.18. The number of nitrogen functional groups attached to an aromatic ring is 1. The molecule has 1 aliphatic carbocycles. The van der Waals surface area contributed by atoms with Gasteiger partial charge < -0.3 is 11.5 Å². The first kappa shape index (κ1) is 11.2. The van der Waals surface area contributed by atoms with E-state index in [1.807, 2.05) is 36.4 Å². The second-order valence-electron chi connectivity index (χ2n) is 4.19. The number of hydrogen-bond donors (Lipinski definition) is 2. The highest BCUT2D eigenvalue weighted by atomic mass is 35.5. The standard InChI is InChI=1S/C13H15ClN2/c14-9-13(16)7-5-11(6-8-13)10-1-3-12(15)4-2-10/h1-7H,8-9,15-16H2. The molecule has 1 atom stereocenters. The lowest BCUT2D eigenvalue weighted by Gasteiger charge is -2.25. The number of alkyl halides is 1. The molecule has 0 fully saturated rings. The summed E-state index contributed by atoms with van der Waals surface area (Å²) in [7, 11) is 0. The van der Waals surface area contributed by atoms with E-state index < -0.39 is 5.54 Å². The molecule has 0 aliphatic heterocycles. The molecule has 4 N–H and O–H groups in total. The van der Waals surface area contributed by atoms with Crippen LogP contribution in [-0.2, 0) is 0 Å². The molecule has 1 unspecified atom stereocenters. The van der Waals surface area contributed by atoms with Gasteiger partial charge in [0, 0.05) is 11.6 Å². The van der Waals surface area contributed by atoms with E-state index >= 15 is 0 Å². The van der Waals surface area contributed by atoms with E-state index in [1.165, 1.54) is 5.57 Å². The molecule has 16 heavy (non-hydrogen) atoms. The van der Waals surface area contributed by atoms with Crippen LogP contribution in [0, 0.1) is 0 Å². The monoisotopic (exact) mass is 234 g/mol. The Kier molecular flexibility index (Phi) is 3.03. The number of rotatable bonds is 2. The van der Waals surface area contributed by atoms with Gasteiger partial charge in [-0.3, -0.25) is 0 Å². The van der Waals surface area contributed by atoms with Gasteiger partial charge in [-0.2, -0.15) is 0 Å². The van der Waals surface area contributed by atoms with Crippen LogP contribution in [-0.4, -0.2) is 11.4 Å². The predicted octanol–water partition coefficient (Wildman–Crippen LogP) is 2.55. The number of benzene rings is 1. The largest absolute Gasteiger partial charge is 0.399 e. The summed E-state index contributed by atoms with van der Waals surface area (Å²) < 4.78 is 0. The van der Waals surface area contributed by atoms with E-state index in [-0.39, 0.29) is 0 Å². The fourth-order valence-corrected chi connectivity index (χ4v) is 1.88. The molecule has 0 saturated heterocycles. The van der Waals surface area contributed by atoms with Crippen molar-refractivity contribution < 1.29 is 0 Å². The zero-order chi connectivity index (χ0) is 11.6. The molecule has 2 nitrogen and oxygen atoms in total. The minimum Gasteiger partial charge on any atom is -0.399 e. The van der Waals surface area contributed by atoms with Gasteiger partial charge in [0.05, 0.1) is 5.54 Å². The predicted molar refractivity (Wildman–Crippen MR) is 70.2 cm³/mol. The second kappa shape index (κ2) is 4.32. The van der Waals surface area contributed by atoms with Crippen molar-refractivity contribution in [3.05, 3.63) is 48.1 Å². The Morgan fingerprint density at radius 3 is 2.44 bits per heavy atom. The van der Waals surface area contributed by atoms with Crippen molar-refractivity contribution >= 4 is 22.9 Å². The number of hydrogen-bond acceptors (Lipinski definition) is 2. The third-order valence-electron chi connectivity index (χ3n) is 2.79. The topological polar surface area (TPSA) is 52.0 Å². The summed E-state index contributed by atoms with van der Waals surface area (Å²) in [5.74, 6) is 0.440. The Bertz CT molecular complexity index is 434. The van der Waals surface area contributed by atoms with E-state index in [2.05, 4.69) is 6.08 Å². The summed E-state index contributed by atoms with van der Waals surface area (Å²) in [5.41, 5.74) is 14.4. The maximum Gasteiger partial charge on any atom is 0.0515 e. The zero-order valence-corrected chi connectivity index (χ0v) is 9.74. The number of allylic oxidation sites excluding steroid dienone is 2. The van der Waals surface area contributed by atoms with Gasteiger partial charge >= 0.3 is 0 Å². The highest BCUT2D eigenvalue weighted by Crippen LogP contribution is 2.26. The lowest BCUT2D eigenvalue weighted by Crippen LogP contribution is -2.40. The summed E-state index contributed by atoms with van der Waals surface area (Å²) in [6.07, 6.45) is 6.89. The van der Waals surface area contributed by atoms with Crippen LogP contribution >= 0.6 is 11.6 Å². The van der Waals surface area contributed by atoms with E-state index in [4.69, 9.17) is 23.1 Å². The number of anilines is 1. The molecule has 3 heteroatoms. The first-order valence-corrected chi connectivity index (χ1v) is 5.77. The molecule has 2 rings (SSSR count). The summed E-state index contributed by atoms with van der Waals surface area (Å²) in [6, 6.07) is 7.82. The van der Waals surface area contributed by atoms with Crippen molar-refractivity contribution in [2.24, 2.45) is 5.73 Å². The molecule has 1 aliphatic rings. The molecule has 1 aromatic rings. The third-order valence-corrected chi connectivity index (χ3v) is 3.29. The van der Waals surface area contributed by atoms with Crippen molar-refractivity contribution in [1.29, 1.82) is 0 Å². The van der Waals surface area contributed by atoms with Crippen molar-refractivity contribution in [2.45, 2.75) is 12.0 Å². The summed E-state index contributed by atoms with van der Waals surface area (Å²) >= 11 is 5.81. The smallest absolute Gasteiger partial charge is 0.0515 e. The fourth-order valence-electron chi connectivity index (χ4n) is 1.68. The van der Waals surface area contributed by atoms with Gasteiger partial charge in [-0.15, -0.1) is 11.6 Å². The van der Waals surface area contributed by atoms with Gasteiger partial charge in [-0.25, -0.2) is 0 Å². The van der Waals surface area contributed by atoms with Gasteiger partial charge in [0.2, 0.25) is 0 Å². The lowest BCUT2D eigenvalue weighted by molar-refractivity contribution is 0.598. The Hall–Kier alpha value is -1.25. The second-order valence-corrected chi connectivity index (χ2v) is 4.45. The first-order valence-electron chi connectivity index (χ1n) is 5.23. The Morgan fingerprint density at radius 1 is 1.25 bits per heavy atom. The molecule has 0 spiro atoms. The Balaban J connectivity index is 2.20. The minimum atomic E-state index is -0.390. The van der Waals surface area contributed by atoms with E-state index in [0.29, 0.717) is 5.88 Å².